The summed E-state index contributed by atoms with van der Waals surface area (Å²) >= 11 is 0. The van der Waals surface area contributed by atoms with Crippen LogP contribution >= 0.6 is 0 Å². The minimum atomic E-state index is -3.07. The Kier molecular flexibility index (Phi) is 9.73. The average molecular weight is 684 g/mol. The van der Waals surface area contributed by atoms with Crippen LogP contribution in [0.15, 0.2) is 59.1 Å². The summed E-state index contributed by atoms with van der Waals surface area (Å²) in [5.74, 6) is 0.287. The molecule has 3 aromatic carbocycles. The number of aromatic nitrogens is 3. The number of ether oxygens (including phenoxy) is 3. The number of rotatable bonds is 11. The first-order chi connectivity index (χ1) is 24.3. The van der Waals surface area contributed by atoms with E-state index in [4.69, 9.17) is 33.6 Å². The number of esters is 1. The Morgan fingerprint density at radius 2 is 1.72 bits per heavy atom. The van der Waals surface area contributed by atoms with E-state index in [0.717, 1.165) is 70.8 Å². The van der Waals surface area contributed by atoms with Crippen molar-refractivity contribution in [2.24, 2.45) is 0 Å². The second-order valence-electron chi connectivity index (χ2n) is 12.7. The predicted octanol–water partition coefficient (Wildman–Crippen LogP) is 7.24. The standard InChI is InChI=1S/C38H39F2N5O5/c1-22-25(9-6-11-27(22)31-19-42-32(36(44-31)47-3)20-45-15-4-5-16-45)26-10-7-12-28(23(26)2)35-43-30-17-24(21-48-37(46)29-13-8-14-41-29)33(50-38(39)40)18-34(30)49-35/h6-7,9-12,17-19,29,38,41H,4-5,8,13-16,20-21H2,1-3H3/t29-/m0/s1. The number of hydrogen-bond acceptors (Lipinski definition) is 10. The van der Waals surface area contributed by atoms with Crippen LogP contribution in [0.4, 0.5) is 8.78 Å². The van der Waals surface area contributed by atoms with Gasteiger partial charge in [0.1, 0.15) is 29.6 Å². The Hall–Kier alpha value is -4.94. The van der Waals surface area contributed by atoms with Crippen LogP contribution in [-0.4, -0.2) is 65.2 Å². The van der Waals surface area contributed by atoms with Gasteiger partial charge in [-0.1, -0.05) is 30.3 Å². The molecular formula is C38H39F2N5O5. The van der Waals surface area contributed by atoms with Gasteiger partial charge < -0.3 is 23.9 Å². The third-order valence-corrected chi connectivity index (χ3v) is 9.54. The van der Waals surface area contributed by atoms with E-state index in [9.17, 15) is 13.6 Å². The minimum Gasteiger partial charge on any atom is -0.480 e. The maximum absolute atomic E-state index is 13.4. The van der Waals surface area contributed by atoms with E-state index >= 15 is 0 Å². The van der Waals surface area contributed by atoms with E-state index in [2.05, 4.69) is 23.2 Å². The van der Waals surface area contributed by atoms with Crippen molar-refractivity contribution in [3.05, 3.63) is 77.1 Å². The summed E-state index contributed by atoms with van der Waals surface area (Å²) in [6, 6.07) is 14.5. The molecule has 2 saturated heterocycles. The highest BCUT2D eigenvalue weighted by Gasteiger charge is 2.25. The fourth-order valence-electron chi connectivity index (χ4n) is 6.88. The SMILES string of the molecule is COc1nc(-c2cccc(-c3cccc(-c4nc5cc(COC(=O)[C@@H]6CCCN6)c(OC(F)F)cc5o4)c3C)c2C)cnc1CN1CCCC1. The number of hydrogen-bond donors (Lipinski definition) is 1. The van der Waals surface area contributed by atoms with Gasteiger partial charge in [-0.15, -0.1) is 0 Å². The summed E-state index contributed by atoms with van der Waals surface area (Å²) in [5, 5.41) is 3.08. The Morgan fingerprint density at radius 1 is 1.00 bits per heavy atom. The quantitative estimate of drug-likeness (QED) is 0.143. The molecule has 0 spiro atoms. The van der Waals surface area contributed by atoms with Gasteiger partial charge in [-0.3, -0.25) is 14.7 Å². The number of carbonyl (C=O) groups excluding carboxylic acids is 1. The minimum absolute atomic E-state index is 0.135. The van der Waals surface area contributed by atoms with Crippen molar-refractivity contribution in [3.63, 3.8) is 0 Å². The highest BCUT2D eigenvalue weighted by Crippen LogP contribution is 2.38. The van der Waals surface area contributed by atoms with Crippen LogP contribution in [0, 0.1) is 13.8 Å². The van der Waals surface area contributed by atoms with Gasteiger partial charge >= 0.3 is 12.6 Å². The van der Waals surface area contributed by atoms with Gasteiger partial charge in [-0.2, -0.15) is 8.78 Å². The van der Waals surface area contributed by atoms with Gasteiger partial charge in [0.25, 0.3) is 0 Å². The number of likely N-dealkylation sites (tertiary alicyclic amines) is 1. The molecule has 2 fully saturated rings. The number of oxazole rings is 1. The van der Waals surface area contributed by atoms with E-state index in [0.29, 0.717) is 30.3 Å². The van der Waals surface area contributed by atoms with Gasteiger partial charge in [0.05, 0.1) is 19.0 Å². The molecule has 260 valence electrons. The maximum Gasteiger partial charge on any atom is 0.387 e. The Labute approximate surface area is 288 Å². The number of nitrogens with zero attached hydrogens (tertiary/aromatic N) is 4. The third-order valence-electron chi connectivity index (χ3n) is 9.54. The van der Waals surface area contributed by atoms with E-state index in [1.807, 2.05) is 43.5 Å². The summed E-state index contributed by atoms with van der Waals surface area (Å²) in [4.78, 5) is 29.2. The first kappa shape index (κ1) is 33.6. The molecule has 0 unspecified atom stereocenters. The summed E-state index contributed by atoms with van der Waals surface area (Å²) < 4.78 is 48.8. The molecule has 0 aliphatic carbocycles. The Balaban J connectivity index is 1.19. The molecular weight excluding hydrogens is 644 g/mol. The number of nitrogens with one attached hydrogen (secondary N) is 1. The summed E-state index contributed by atoms with van der Waals surface area (Å²) in [6.07, 6.45) is 5.75. The predicted molar refractivity (Wildman–Crippen MR) is 184 cm³/mol. The molecule has 1 atom stereocenters. The zero-order valence-electron chi connectivity index (χ0n) is 28.3. The van der Waals surface area contributed by atoms with Crippen molar-refractivity contribution in [3.8, 4) is 45.5 Å². The van der Waals surface area contributed by atoms with Gasteiger partial charge in [0, 0.05) is 29.3 Å². The monoisotopic (exact) mass is 683 g/mol. The van der Waals surface area contributed by atoms with Crippen LogP contribution in [0.3, 0.4) is 0 Å². The van der Waals surface area contributed by atoms with Gasteiger partial charge in [-0.25, -0.2) is 9.97 Å². The molecule has 0 saturated carbocycles. The molecule has 50 heavy (non-hydrogen) atoms. The molecule has 1 N–H and O–H groups in total. The van der Waals surface area contributed by atoms with Crippen molar-refractivity contribution < 1.29 is 32.2 Å². The van der Waals surface area contributed by atoms with Crippen molar-refractivity contribution in [1.82, 2.24) is 25.2 Å². The van der Waals surface area contributed by atoms with E-state index < -0.39 is 18.6 Å². The first-order valence-electron chi connectivity index (χ1n) is 16.9. The summed E-state index contributed by atoms with van der Waals surface area (Å²) in [5.41, 5.74) is 8.13. The fourth-order valence-corrected chi connectivity index (χ4v) is 6.88. The molecule has 0 amide bonds. The van der Waals surface area contributed by atoms with Crippen molar-refractivity contribution in [2.75, 3.05) is 26.7 Å². The lowest BCUT2D eigenvalue weighted by molar-refractivity contribution is -0.147. The molecule has 0 bridgehead atoms. The van der Waals surface area contributed by atoms with Crippen LogP contribution in [0.1, 0.15) is 48.1 Å². The zero-order chi connectivity index (χ0) is 34.8. The lowest BCUT2D eigenvalue weighted by Crippen LogP contribution is -2.32. The number of halogens is 2. The fraction of sp³-hybridized carbons (Fsp3) is 0.368. The van der Waals surface area contributed by atoms with E-state index in [-0.39, 0.29) is 23.5 Å². The summed E-state index contributed by atoms with van der Waals surface area (Å²) in [7, 11) is 1.63. The highest BCUT2D eigenvalue weighted by atomic mass is 19.3. The Bertz CT molecular complexity index is 2020. The molecule has 4 heterocycles. The second-order valence-corrected chi connectivity index (χ2v) is 12.7. The van der Waals surface area contributed by atoms with Crippen molar-refractivity contribution >= 4 is 17.1 Å². The lowest BCUT2D eigenvalue weighted by Gasteiger charge is -2.17. The second kappa shape index (κ2) is 14.5. The average Bonchev–Trinajstić information content (AvgIpc) is 3.91. The first-order valence-corrected chi connectivity index (χ1v) is 16.9. The molecule has 2 aliphatic rings. The van der Waals surface area contributed by atoms with Crippen LogP contribution in [0.5, 0.6) is 11.6 Å². The van der Waals surface area contributed by atoms with E-state index in [1.165, 1.54) is 18.9 Å². The third kappa shape index (κ3) is 6.90. The topological polar surface area (TPSA) is 112 Å². The van der Waals surface area contributed by atoms with E-state index in [1.54, 1.807) is 13.2 Å². The number of benzene rings is 3. The van der Waals surface area contributed by atoms with Crippen molar-refractivity contribution in [2.45, 2.75) is 65.3 Å². The lowest BCUT2D eigenvalue weighted by atomic mass is 9.90. The van der Waals surface area contributed by atoms with Crippen molar-refractivity contribution in [1.29, 1.82) is 0 Å². The largest absolute Gasteiger partial charge is 0.480 e. The molecule has 10 nitrogen and oxygen atoms in total. The molecule has 5 aromatic rings. The maximum atomic E-state index is 13.4. The van der Waals surface area contributed by atoms with Gasteiger partial charge in [-0.05, 0) is 93.6 Å². The van der Waals surface area contributed by atoms with Crippen LogP contribution in [0.25, 0.3) is 44.9 Å². The molecule has 0 radical (unpaired) electrons. The highest BCUT2D eigenvalue weighted by molar-refractivity contribution is 5.84. The van der Waals surface area contributed by atoms with Crippen LogP contribution in [-0.2, 0) is 22.7 Å². The number of carbonyl (C=O) groups is 1. The molecule has 7 rings (SSSR count). The Morgan fingerprint density at radius 3 is 2.42 bits per heavy atom. The summed E-state index contributed by atoms with van der Waals surface area (Å²) in [6.45, 7) is 4.30. The number of methoxy groups -OCH3 is 1. The van der Waals surface area contributed by atoms with Gasteiger partial charge in [0.15, 0.2) is 5.58 Å². The molecule has 2 aromatic heterocycles. The number of fused-ring (bicyclic) bond motifs is 1. The van der Waals surface area contributed by atoms with Gasteiger partial charge in [0.2, 0.25) is 11.8 Å². The normalized spacial score (nSPS) is 16.4. The van der Waals surface area contributed by atoms with Crippen LogP contribution in [0.2, 0.25) is 0 Å². The zero-order valence-corrected chi connectivity index (χ0v) is 28.3. The molecule has 12 heteroatoms. The molecule has 2 aliphatic heterocycles. The number of alkyl halides is 2. The smallest absolute Gasteiger partial charge is 0.387 e. The van der Waals surface area contributed by atoms with Crippen LogP contribution < -0.4 is 14.8 Å².